The highest BCUT2D eigenvalue weighted by molar-refractivity contribution is 5.52. The third kappa shape index (κ3) is 4.19. The molecule has 0 atom stereocenters. The third-order valence-corrected chi connectivity index (χ3v) is 1.86. The SMILES string of the molecule is CCOc1ncccc1NCC(C)(C)C. The lowest BCUT2D eigenvalue weighted by Crippen LogP contribution is -2.19. The summed E-state index contributed by atoms with van der Waals surface area (Å²) in [6.45, 7) is 10.1. The molecule has 0 aliphatic heterocycles. The van der Waals surface area contributed by atoms with Gasteiger partial charge < -0.3 is 10.1 Å². The van der Waals surface area contributed by atoms with Gasteiger partial charge in [0.05, 0.1) is 12.3 Å². The molecule has 0 aliphatic rings. The van der Waals surface area contributed by atoms with E-state index in [-0.39, 0.29) is 5.41 Å². The summed E-state index contributed by atoms with van der Waals surface area (Å²) in [7, 11) is 0. The second-order valence-electron chi connectivity index (χ2n) is 4.70. The molecular formula is C12H20N2O. The highest BCUT2D eigenvalue weighted by Gasteiger charge is 2.11. The van der Waals surface area contributed by atoms with Crippen LogP contribution in [0.3, 0.4) is 0 Å². The largest absolute Gasteiger partial charge is 0.476 e. The zero-order valence-electron chi connectivity index (χ0n) is 10.0. The topological polar surface area (TPSA) is 34.1 Å². The predicted octanol–water partition coefficient (Wildman–Crippen LogP) is 2.94. The van der Waals surface area contributed by atoms with Crippen molar-refractivity contribution < 1.29 is 4.74 Å². The number of pyridine rings is 1. The number of ether oxygens (including phenoxy) is 1. The molecule has 0 saturated carbocycles. The summed E-state index contributed by atoms with van der Waals surface area (Å²) in [6, 6.07) is 3.90. The van der Waals surface area contributed by atoms with Gasteiger partial charge in [0.1, 0.15) is 0 Å². The van der Waals surface area contributed by atoms with Gasteiger partial charge in [-0.15, -0.1) is 0 Å². The molecule has 0 bridgehead atoms. The van der Waals surface area contributed by atoms with Crippen LogP contribution in [0.4, 0.5) is 5.69 Å². The second kappa shape index (κ2) is 5.01. The molecule has 1 aromatic heterocycles. The van der Waals surface area contributed by atoms with E-state index in [1.165, 1.54) is 0 Å². The Morgan fingerprint density at radius 2 is 2.13 bits per heavy atom. The van der Waals surface area contributed by atoms with Gasteiger partial charge >= 0.3 is 0 Å². The normalized spacial score (nSPS) is 11.2. The van der Waals surface area contributed by atoms with Crippen molar-refractivity contribution in [3.05, 3.63) is 18.3 Å². The molecule has 1 rings (SSSR count). The van der Waals surface area contributed by atoms with Crippen molar-refractivity contribution in [3.8, 4) is 5.88 Å². The molecule has 0 aliphatic carbocycles. The fourth-order valence-corrected chi connectivity index (χ4v) is 1.14. The first kappa shape index (κ1) is 11.8. The highest BCUT2D eigenvalue weighted by Crippen LogP contribution is 2.22. The van der Waals surface area contributed by atoms with Gasteiger partial charge in [0.25, 0.3) is 0 Å². The highest BCUT2D eigenvalue weighted by atomic mass is 16.5. The Morgan fingerprint density at radius 3 is 2.73 bits per heavy atom. The fraction of sp³-hybridized carbons (Fsp3) is 0.583. The van der Waals surface area contributed by atoms with Gasteiger partial charge in [0.2, 0.25) is 5.88 Å². The zero-order chi connectivity index (χ0) is 11.3. The average Bonchev–Trinajstić information content (AvgIpc) is 2.16. The van der Waals surface area contributed by atoms with Crippen LogP contribution in [0.5, 0.6) is 5.88 Å². The molecule has 3 heteroatoms. The van der Waals surface area contributed by atoms with Gasteiger partial charge in [-0.05, 0) is 24.5 Å². The Morgan fingerprint density at radius 1 is 1.40 bits per heavy atom. The quantitative estimate of drug-likeness (QED) is 0.826. The van der Waals surface area contributed by atoms with Gasteiger partial charge in [-0.3, -0.25) is 0 Å². The molecule has 1 heterocycles. The first-order chi connectivity index (χ1) is 7.03. The average molecular weight is 208 g/mol. The lowest BCUT2D eigenvalue weighted by molar-refractivity contribution is 0.328. The molecule has 0 unspecified atom stereocenters. The molecule has 0 radical (unpaired) electrons. The van der Waals surface area contributed by atoms with Crippen molar-refractivity contribution in [3.63, 3.8) is 0 Å². The van der Waals surface area contributed by atoms with Crippen LogP contribution in [0, 0.1) is 5.41 Å². The van der Waals surface area contributed by atoms with Crippen molar-refractivity contribution in [1.29, 1.82) is 0 Å². The number of nitrogens with one attached hydrogen (secondary N) is 1. The van der Waals surface area contributed by atoms with E-state index in [9.17, 15) is 0 Å². The summed E-state index contributed by atoms with van der Waals surface area (Å²) in [6.07, 6.45) is 1.74. The van der Waals surface area contributed by atoms with E-state index in [4.69, 9.17) is 4.74 Å². The van der Waals surface area contributed by atoms with Crippen molar-refractivity contribution in [1.82, 2.24) is 4.98 Å². The van der Waals surface area contributed by atoms with Crippen molar-refractivity contribution >= 4 is 5.69 Å². The lowest BCUT2D eigenvalue weighted by Gasteiger charge is -2.20. The molecule has 0 saturated heterocycles. The van der Waals surface area contributed by atoms with Gasteiger partial charge in [-0.25, -0.2) is 4.98 Å². The minimum absolute atomic E-state index is 0.249. The van der Waals surface area contributed by atoms with E-state index in [1.54, 1.807) is 6.20 Å². The number of hydrogen-bond donors (Lipinski definition) is 1. The second-order valence-corrected chi connectivity index (χ2v) is 4.70. The maximum atomic E-state index is 5.43. The van der Waals surface area contributed by atoms with Crippen LogP contribution >= 0.6 is 0 Å². The van der Waals surface area contributed by atoms with Crippen LogP contribution in [-0.2, 0) is 0 Å². The van der Waals surface area contributed by atoms with E-state index in [1.807, 2.05) is 19.1 Å². The number of hydrogen-bond acceptors (Lipinski definition) is 3. The Kier molecular flexibility index (Phi) is 3.95. The summed E-state index contributed by atoms with van der Waals surface area (Å²) in [4.78, 5) is 4.18. The molecule has 0 fully saturated rings. The van der Waals surface area contributed by atoms with Crippen LogP contribution in [0.1, 0.15) is 27.7 Å². The first-order valence-corrected chi connectivity index (χ1v) is 5.34. The first-order valence-electron chi connectivity index (χ1n) is 5.34. The summed E-state index contributed by atoms with van der Waals surface area (Å²) in [5.74, 6) is 0.684. The lowest BCUT2D eigenvalue weighted by atomic mass is 9.97. The van der Waals surface area contributed by atoms with Crippen LogP contribution < -0.4 is 10.1 Å². The van der Waals surface area contributed by atoms with Gasteiger partial charge in [-0.2, -0.15) is 0 Å². The van der Waals surface area contributed by atoms with Crippen LogP contribution in [-0.4, -0.2) is 18.1 Å². The monoisotopic (exact) mass is 208 g/mol. The standard InChI is InChI=1S/C12H20N2O/c1-5-15-11-10(7-6-8-13-11)14-9-12(2,3)4/h6-8,14H,5,9H2,1-4H3. The predicted molar refractivity (Wildman–Crippen MR) is 63.4 cm³/mol. The maximum Gasteiger partial charge on any atom is 0.237 e. The number of rotatable bonds is 4. The van der Waals surface area contributed by atoms with Crippen LogP contribution in [0.25, 0.3) is 0 Å². The van der Waals surface area contributed by atoms with Crippen LogP contribution in [0.15, 0.2) is 18.3 Å². The summed E-state index contributed by atoms with van der Waals surface area (Å²) >= 11 is 0. The summed E-state index contributed by atoms with van der Waals surface area (Å²) in [5.41, 5.74) is 1.22. The molecule has 0 aromatic carbocycles. The smallest absolute Gasteiger partial charge is 0.237 e. The van der Waals surface area contributed by atoms with Gasteiger partial charge in [0, 0.05) is 12.7 Å². The molecule has 84 valence electrons. The molecular weight excluding hydrogens is 188 g/mol. The number of nitrogens with zero attached hydrogens (tertiary/aromatic N) is 1. The van der Waals surface area contributed by atoms with Crippen LogP contribution in [0.2, 0.25) is 0 Å². The number of aromatic nitrogens is 1. The van der Waals surface area contributed by atoms with Gasteiger partial charge in [-0.1, -0.05) is 20.8 Å². The summed E-state index contributed by atoms with van der Waals surface area (Å²) < 4.78 is 5.43. The Balaban J connectivity index is 2.67. The summed E-state index contributed by atoms with van der Waals surface area (Å²) in [5, 5.41) is 3.35. The fourth-order valence-electron chi connectivity index (χ4n) is 1.14. The van der Waals surface area contributed by atoms with E-state index in [2.05, 4.69) is 31.1 Å². The Labute approximate surface area is 91.9 Å². The van der Waals surface area contributed by atoms with Crippen molar-refractivity contribution in [2.75, 3.05) is 18.5 Å². The third-order valence-electron chi connectivity index (χ3n) is 1.86. The minimum Gasteiger partial charge on any atom is -0.476 e. The van der Waals surface area contributed by atoms with E-state index in [0.717, 1.165) is 12.2 Å². The minimum atomic E-state index is 0.249. The molecule has 15 heavy (non-hydrogen) atoms. The van der Waals surface area contributed by atoms with Gasteiger partial charge in [0.15, 0.2) is 0 Å². The van der Waals surface area contributed by atoms with Crippen molar-refractivity contribution in [2.24, 2.45) is 5.41 Å². The maximum absolute atomic E-state index is 5.43. The molecule has 1 aromatic rings. The molecule has 3 nitrogen and oxygen atoms in total. The Hall–Kier alpha value is -1.25. The van der Waals surface area contributed by atoms with E-state index >= 15 is 0 Å². The van der Waals surface area contributed by atoms with E-state index < -0.39 is 0 Å². The molecule has 0 amide bonds. The zero-order valence-corrected chi connectivity index (χ0v) is 10.0. The molecule has 1 N–H and O–H groups in total. The van der Waals surface area contributed by atoms with Crippen molar-refractivity contribution in [2.45, 2.75) is 27.7 Å². The Bertz CT molecular complexity index is 305. The van der Waals surface area contributed by atoms with E-state index in [0.29, 0.717) is 12.5 Å². The number of anilines is 1. The molecule has 0 spiro atoms.